The van der Waals surface area contributed by atoms with Crippen LogP contribution in [0.1, 0.15) is 33.1 Å². The van der Waals surface area contributed by atoms with Gasteiger partial charge in [-0.25, -0.2) is 4.98 Å². The van der Waals surface area contributed by atoms with Crippen molar-refractivity contribution in [3.8, 4) is 0 Å². The molecule has 0 aromatic carbocycles. The molecule has 1 saturated carbocycles. The number of H-pyrrole nitrogens is 1. The summed E-state index contributed by atoms with van der Waals surface area (Å²) in [5.41, 5.74) is -0.758. The average molecular weight is 311 g/mol. The van der Waals surface area contributed by atoms with E-state index in [4.69, 9.17) is 4.74 Å². The van der Waals surface area contributed by atoms with Crippen molar-refractivity contribution in [1.29, 1.82) is 0 Å². The number of nitrogens with zero attached hydrogens (tertiary/aromatic N) is 1. The Bertz CT molecular complexity index is 548. The van der Waals surface area contributed by atoms with Crippen molar-refractivity contribution in [2.45, 2.75) is 49.1 Å². The number of thioether (sulfide) groups is 1. The van der Waals surface area contributed by atoms with Crippen molar-refractivity contribution in [1.82, 2.24) is 15.3 Å². The number of esters is 1. The van der Waals surface area contributed by atoms with E-state index in [2.05, 4.69) is 15.3 Å². The minimum atomic E-state index is -0.600. The first-order valence-electron chi connectivity index (χ1n) is 7.24. The Morgan fingerprint density at radius 1 is 1.62 bits per heavy atom. The Labute approximate surface area is 128 Å². The molecule has 1 heterocycles. The van der Waals surface area contributed by atoms with Gasteiger partial charge in [0.2, 0.25) is 0 Å². The Kier molecular flexibility index (Phi) is 5.41. The number of ether oxygens (including phenoxy) is 1. The van der Waals surface area contributed by atoms with E-state index < -0.39 is 5.54 Å². The molecule has 2 unspecified atom stereocenters. The third-order valence-electron chi connectivity index (χ3n) is 3.58. The lowest BCUT2D eigenvalue weighted by atomic mass is 9.98. The lowest BCUT2D eigenvalue weighted by Gasteiger charge is -2.27. The van der Waals surface area contributed by atoms with Gasteiger partial charge in [-0.3, -0.25) is 9.59 Å². The zero-order valence-corrected chi connectivity index (χ0v) is 13.2. The van der Waals surface area contributed by atoms with Gasteiger partial charge in [0, 0.05) is 17.5 Å². The molecule has 1 aromatic rings. The third-order valence-corrected chi connectivity index (χ3v) is 4.74. The number of carbonyl (C=O) groups is 1. The highest BCUT2D eigenvalue weighted by molar-refractivity contribution is 7.99. The van der Waals surface area contributed by atoms with Gasteiger partial charge in [0.25, 0.3) is 5.56 Å². The molecule has 0 radical (unpaired) electrons. The zero-order chi connectivity index (χ0) is 15.3. The van der Waals surface area contributed by atoms with E-state index in [0.29, 0.717) is 18.2 Å². The molecule has 2 rings (SSSR count). The molecule has 1 aliphatic carbocycles. The summed E-state index contributed by atoms with van der Waals surface area (Å²) in [5, 5.41) is 4.13. The topological polar surface area (TPSA) is 84.1 Å². The molecule has 0 aliphatic heterocycles. The molecule has 7 heteroatoms. The molecular formula is C14H21N3O3S. The van der Waals surface area contributed by atoms with Crippen LogP contribution in [0.3, 0.4) is 0 Å². The van der Waals surface area contributed by atoms with Gasteiger partial charge in [-0.1, -0.05) is 18.7 Å². The fourth-order valence-corrected chi connectivity index (χ4v) is 3.90. The Morgan fingerprint density at radius 2 is 2.43 bits per heavy atom. The monoisotopic (exact) mass is 311 g/mol. The second-order valence-corrected chi connectivity index (χ2v) is 6.34. The van der Waals surface area contributed by atoms with Crippen molar-refractivity contribution in [3.05, 3.63) is 22.6 Å². The van der Waals surface area contributed by atoms with Crippen molar-refractivity contribution in [2.75, 3.05) is 13.2 Å². The summed E-state index contributed by atoms with van der Waals surface area (Å²) in [6.07, 6.45) is 3.81. The van der Waals surface area contributed by atoms with E-state index in [0.717, 1.165) is 19.4 Å². The molecule has 1 aliphatic rings. The summed E-state index contributed by atoms with van der Waals surface area (Å²) in [6, 6.07) is 1.39. The summed E-state index contributed by atoms with van der Waals surface area (Å²) in [5.74, 6) is -0.176. The number of aromatic amines is 1. The van der Waals surface area contributed by atoms with Gasteiger partial charge in [-0.2, -0.15) is 0 Å². The van der Waals surface area contributed by atoms with Gasteiger partial charge >= 0.3 is 5.97 Å². The molecule has 1 fully saturated rings. The lowest BCUT2D eigenvalue weighted by Crippen LogP contribution is -2.51. The summed E-state index contributed by atoms with van der Waals surface area (Å²) in [7, 11) is 0. The van der Waals surface area contributed by atoms with Crippen LogP contribution in [-0.2, 0) is 9.53 Å². The summed E-state index contributed by atoms with van der Waals surface area (Å²) >= 11 is 1.51. The van der Waals surface area contributed by atoms with E-state index in [1.165, 1.54) is 24.0 Å². The van der Waals surface area contributed by atoms with Crippen LogP contribution in [0.2, 0.25) is 0 Å². The maximum atomic E-state index is 12.2. The van der Waals surface area contributed by atoms with Crippen LogP contribution >= 0.6 is 11.8 Å². The fraction of sp³-hybridized carbons (Fsp3) is 0.643. The van der Waals surface area contributed by atoms with Crippen LogP contribution in [0.25, 0.3) is 0 Å². The highest BCUT2D eigenvalue weighted by Crippen LogP contribution is 2.39. The SMILES string of the molecule is CCNC1(C(=O)OCC)CCC(Sc2nccc(=O)[nH]2)C1. The van der Waals surface area contributed by atoms with Gasteiger partial charge in [0.15, 0.2) is 5.16 Å². The normalized spacial score (nSPS) is 25.0. The number of aromatic nitrogens is 2. The molecule has 1 aromatic heterocycles. The van der Waals surface area contributed by atoms with Gasteiger partial charge in [0.05, 0.1) is 6.61 Å². The number of hydrogen-bond acceptors (Lipinski definition) is 6. The largest absolute Gasteiger partial charge is 0.465 e. The van der Waals surface area contributed by atoms with E-state index in [1.54, 1.807) is 0 Å². The lowest BCUT2D eigenvalue weighted by molar-refractivity contribution is -0.151. The minimum Gasteiger partial charge on any atom is -0.465 e. The summed E-state index contributed by atoms with van der Waals surface area (Å²) in [4.78, 5) is 30.4. The first kappa shape index (κ1) is 16.0. The van der Waals surface area contributed by atoms with Crippen LogP contribution in [0.5, 0.6) is 0 Å². The van der Waals surface area contributed by atoms with Crippen molar-refractivity contribution in [3.63, 3.8) is 0 Å². The zero-order valence-electron chi connectivity index (χ0n) is 12.3. The molecular weight excluding hydrogens is 290 g/mol. The molecule has 6 nitrogen and oxygen atoms in total. The molecule has 0 bridgehead atoms. The third kappa shape index (κ3) is 3.85. The maximum Gasteiger partial charge on any atom is 0.326 e. The smallest absolute Gasteiger partial charge is 0.326 e. The Morgan fingerprint density at radius 3 is 3.10 bits per heavy atom. The average Bonchev–Trinajstić information content (AvgIpc) is 2.84. The number of nitrogens with one attached hydrogen (secondary N) is 2. The second-order valence-electron chi connectivity index (χ2n) is 5.05. The fourth-order valence-electron chi connectivity index (χ4n) is 2.70. The van der Waals surface area contributed by atoms with Crippen LogP contribution in [0.4, 0.5) is 0 Å². The quantitative estimate of drug-likeness (QED) is 0.609. The van der Waals surface area contributed by atoms with Gasteiger partial charge in [-0.05, 0) is 32.7 Å². The molecule has 2 N–H and O–H groups in total. The highest BCUT2D eigenvalue weighted by atomic mass is 32.2. The van der Waals surface area contributed by atoms with E-state index in [1.807, 2.05) is 13.8 Å². The first-order valence-corrected chi connectivity index (χ1v) is 8.12. The first-order chi connectivity index (χ1) is 10.1. The van der Waals surface area contributed by atoms with Gasteiger partial charge in [-0.15, -0.1) is 0 Å². The summed E-state index contributed by atoms with van der Waals surface area (Å²) in [6.45, 7) is 4.91. The number of carbonyl (C=O) groups excluding carboxylic acids is 1. The van der Waals surface area contributed by atoms with Crippen LogP contribution in [0.15, 0.2) is 22.2 Å². The molecule has 0 spiro atoms. The van der Waals surface area contributed by atoms with Gasteiger partial charge < -0.3 is 15.0 Å². The molecule has 0 amide bonds. The summed E-state index contributed by atoms with van der Waals surface area (Å²) < 4.78 is 5.22. The van der Waals surface area contributed by atoms with Crippen LogP contribution < -0.4 is 10.9 Å². The standard InChI is InChI=1S/C14H21N3O3S/c1-3-16-14(12(19)20-4-2)7-5-10(9-14)21-13-15-8-6-11(18)17-13/h6,8,10,16H,3-5,7,9H2,1-2H3,(H,15,17,18). The number of rotatable bonds is 6. The Balaban J connectivity index is 2.05. The van der Waals surface area contributed by atoms with Crippen LogP contribution in [-0.4, -0.2) is 39.9 Å². The molecule has 0 saturated heterocycles. The van der Waals surface area contributed by atoms with Crippen molar-refractivity contribution in [2.24, 2.45) is 0 Å². The number of hydrogen-bond donors (Lipinski definition) is 2. The van der Waals surface area contributed by atoms with E-state index in [-0.39, 0.29) is 16.8 Å². The predicted octanol–water partition coefficient (Wildman–Crippen LogP) is 1.33. The molecule has 21 heavy (non-hydrogen) atoms. The van der Waals surface area contributed by atoms with Crippen LogP contribution in [0, 0.1) is 0 Å². The molecule has 116 valence electrons. The number of likely N-dealkylation sites (N-methyl/N-ethyl adjacent to an activating group) is 1. The second kappa shape index (κ2) is 7.09. The maximum absolute atomic E-state index is 12.2. The van der Waals surface area contributed by atoms with E-state index in [9.17, 15) is 9.59 Å². The van der Waals surface area contributed by atoms with E-state index >= 15 is 0 Å². The van der Waals surface area contributed by atoms with Gasteiger partial charge in [0.1, 0.15) is 5.54 Å². The molecule has 2 atom stereocenters. The van der Waals surface area contributed by atoms with Crippen molar-refractivity contribution < 1.29 is 9.53 Å². The van der Waals surface area contributed by atoms with Crippen molar-refractivity contribution >= 4 is 17.7 Å². The minimum absolute atomic E-state index is 0.158. The highest BCUT2D eigenvalue weighted by Gasteiger charge is 2.46. The Hall–Kier alpha value is -1.34. The predicted molar refractivity (Wildman–Crippen MR) is 81.4 cm³/mol.